The molecule has 1 atom stereocenters. The van der Waals surface area contributed by atoms with Gasteiger partial charge in [0.2, 0.25) is 0 Å². The first-order chi connectivity index (χ1) is 7.77. The van der Waals surface area contributed by atoms with Gasteiger partial charge in [-0.3, -0.25) is 4.99 Å². The lowest BCUT2D eigenvalue weighted by atomic mass is 10.0. The Morgan fingerprint density at radius 3 is 2.75 bits per heavy atom. The molecule has 16 heavy (non-hydrogen) atoms. The molecule has 1 aliphatic heterocycles. The van der Waals surface area contributed by atoms with Crippen molar-refractivity contribution in [2.45, 2.75) is 19.4 Å². The van der Waals surface area contributed by atoms with Crippen molar-refractivity contribution >= 4 is 5.71 Å². The summed E-state index contributed by atoms with van der Waals surface area (Å²) in [6, 6.07) is 9.66. The molecule has 0 saturated heterocycles. The first-order valence-corrected chi connectivity index (χ1v) is 5.40. The van der Waals surface area contributed by atoms with Crippen molar-refractivity contribution in [1.29, 1.82) is 0 Å². The van der Waals surface area contributed by atoms with Crippen LogP contribution >= 0.6 is 0 Å². The standard InChI is InChI=1S/C14H15NO/c1-11(10-13-8-5-9-15-13)14(16)12-6-3-2-4-7-12/h2-7,9-10,14,16H,8H2,1H3/b11-10+. The van der Waals surface area contributed by atoms with Crippen molar-refractivity contribution in [2.75, 3.05) is 0 Å². The second kappa shape index (κ2) is 4.90. The summed E-state index contributed by atoms with van der Waals surface area (Å²) in [6.07, 6.45) is 6.09. The number of benzene rings is 1. The maximum absolute atomic E-state index is 10.1. The highest BCUT2D eigenvalue weighted by molar-refractivity contribution is 5.98. The van der Waals surface area contributed by atoms with Crippen LogP contribution in [-0.2, 0) is 0 Å². The minimum atomic E-state index is -0.538. The van der Waals surface area contributed by atoms with E-state index >= 15 is 0 Å². The van der Waals surface area contributed by atoms with Gasteiger partial charge in [0.1, 0.15) is 6.10 Å². The van der Waals surface area contributed by atoms with Gasteiger partial charge in [0.05, 0.1) is 0 Å². The van der Waals surface area contributed by atoms with Crippen LogP contribution in [0.25, 0.3) is 0 Å². The SMILES string of the molecule is C/C(=C\C1=NC=CC1)C(O)c1ccccc1. The molecule has 82 valence electrons. The molecule has 0 bridgehead atoms. The topological polar surface area (TPSA) is 32.6 Å². The lowest BCUT2D eigenvalue weighted by molar-refractivity contribution is 0.216. The Kier molecular flexibility index (Phi) is 3.32. The number of aliphatic hydroxyl groups excluding tert-OH is 1. The molecule has 0 radical (unpaired) electrons. The molecule has 2 heteroatoms. The van der Waals surface area contributed by atoms with Crippen LogP contribution in [0.4, 0.5) is 0 Å². The van der Waals surface area contributed by atoms with Crippen molar-refractivity contribution in [3.8, 4) is 0 Å². The van der Waals surface area contributed by atoms with E-state index in [1.54, 1.807) is 6.20 Å². The maximum Gasteiger partial charge on any atom is 0.100 e. The fourth-order valence-electron chi connectivity index (χ4n) is 1.71. The lowest BCUT2D eigenvalue weighted by Gasteiger charge is -2.11. The molecule has 0 aromatic heterocycles. The lowest BCUT2D eigenvalue weighted by Crippen LogP contribution is -2.01. The number of aliphatic imine (C=N–C) groups is 1. The quantitative estimate of drug-likeness (QED) is 0.822. The average Bonchev–Trinajstić information content (AvgIpc) is 2.82. The number of hydrogen-bond acceptors (Lipinski definition) is 2. The molecule has 1 aliphatic rings. The van der Waals surface area contributed by atoms with E-state index < -0.39 is 6.10 Å². The molecule has 2 rings (SSSR count). The Hall–Kier alpha value is -1.67. The monoisotopic (exact) mass is 213 g/mol. The predicted molar refractivity (Wildman–Crippen MR) is 66.4 cm³/mol. The fraction of sp³-hybridized carbons (Fsp3) is 0.214. The summed E-state index contributed by atoms with van der Waals surface area (Å²) < 4.78 is 0. The van der Waals surface area contributed by atoms with Crippen molar-refractivity contribution in [1.82, 2.24) is 0 Å². The molecule has 1 N–H and O–H groups in total. The van der Waals surface area contributed by atoms with Crippen molar-refractivity contribution in [3.05, 3.63) is 59.8 Å². The van der Waals surface area contributed by atoms with Crippen LogP contribution in [0.3, 0.4) is 0 Å². The summed E-state index contributed by atoms with van der Waals surface area (Å²) >= 11 is 0. The smallest absolute Gasteiger partial charge is 0.100 e. The zero-order valence-corrected chi connectivity index (χ0v) is 9.30. The van der Waals surface area contributed by atoms with E-state index in [0.29, 0.717) is 0 Å². The molecule has 0 saturated carbocycles. The Labute approximate surface area is 95.7 Å². The van der Waals surface area contributed by atoms with Gasteiger partial charge in [0.15, 0.2) is 0 Å². The largest absolute Gasteiger partial charge is 0.384 e. The summed E-state index contributed by atoms with van der Waals surface area (Å²) in [6.45, 7) is 1.93. The van der Waals surface area contributed by atoms with Gasteiger partial charge in [-0.05, 0) is 24.1 Å². The summed E-state index contributed by atoms with van der Waals surface area (Å²) in [5.74, 6) is 0. The molecule has 1 aromatic rings. The van der Waals surface area contributed by atoms with Crippen molar-refractivity contribution < 1.29 is 5.11 Å². The summed E-state index contributed by atoms with van der Waals surface area (Å²) in [7, 11) is 0. The van der Waals surface area contributed by atoms with Gasteiger partial charge >= 0.3 is 0 Å². The van der Waals surface area contributed by atoms with Gasteiger partial charge < -0.3 is 5.11 Å². The van der Waals surface area contributed by atoms with E-state index in [0.717, 1.165) is 23.3 Å². The third-order valence-corrected chi connectivity index (χ3v) is 2.61. The summed E-state index contributed by atoms with van der Waals surface area (Å²) in [5.41, 5.74) is 2.85. The molecular weight excluding hydrogens is 198 g/mol. The maximum atomic E-state index is 10.1. The molecular formula is C14H15NO. The van der Waals surface area contributed by atoms with E-state index in [1.807, 2.05) is 49.4 Å². The summed E-state index contributed by atoms with van der Waals surface area (Å²) in [5, 5.41) is 10.1. The molecule has 0 fully saturated rings. The van der Waals surface area contributed by atoms with Gasteiger partial charge in [0, 0.05) is 18.3 Å². The zero-order valence-electron chi connectivity index (χ0n) is 9.30. The summed E-state index contributed by atoms with van der Waals surface area (Å²) in [4.78, 5) is 4.20. The average molecular weight is 213 g/mol. The predicted octanol–water partition coefficient (Wildman–Crippen LogP) is 3.02. The van der Waals surface area contributed by atoms with Gasteiger partial charge in [0.25, 0.3) is 0 Å². The Morgan fingerprint density at radius 1 is 1.38 bits per heavy atom. The van der Waals surface area contributed by atoms with Gasteiger partial charge in [-0.15, -0.1) is 0 Å². The highest BCUT2D eigenvalue weighted by Gasteiger charge is 2.09. The van der Waals surface area contributed by atoms with Crippen molar-refractivity contribution in [2.24, 2.45) is 4.99 Å². The van der Waals surface area contributed by atoms with Crippen LogP contribution in [0.1, 0.15) is 25.0 Å². The third kappa shape index (κ3) is 2.47. The van der Waals surface area contributed by atoms with Crippen LogP contribution < -0.4 is 0 Å². The van der Waals surface area contributed by atoms with Gasteiger partial charge in [-0.2, -0.15) is 0 Å². The van der Waals surface area contributed by atoms with Gasteiger partial charge in [-0.25, -0.2) is 0 Å². The zero-order chi connectivity index (χ0) is 11.4. The van der Waals surface area contributed by atoms with Crippen LogP contribution in [0.5, 0.6) is 0 Å². The Morgan fingerprint density at radius 2 is 2.12 bits per heavy atom. The molecule has 1 aromatic carbocycles. The molecule has 2 nitrogen and oxygen atoms in total. The van der Waals surface area contributed by atoms with Crippen LogP contribution in [0.15, 0.2) is 59.2 Å². The molecule has 1 unspecified atom stereocenters. The number of aliphatic hydroxyl groups is 1. The van der Waals surface area contributed by atoms with E-state index in [-0.39, 0.29) is 0 Å². The third-order valence-electron chi connectivity index (χ3n) is 2.61. The van der Waals surface area contributed by atoms with E-state index in [2.05, 4.69) is 4.99 Å². The molecule has 0 spiro atoms. The molecule has 1 heterocycles. The minimum absolute atomic E-state index is 0.538. The first kappa shape index (κ1) is 10.8. The number of hydrogen-bond donors (Lipinski definition) is 1. The fourth-order valence-corrected chi connectivity index (χ4v) is 1.71. The van der Waals surface area contributed by atoms with Crippen LogP contribution in [-0.4, -0.2) is 10.8 Å². The minimum Gasteiger partial charge on any atom is -0.384 e. The highest BCUT2D eigenvalue weighted by Crippen LogP contribution is 2.21. The number of allylic oxidation sites excluding steroid dienone is 2. The van der Waals surface area contributed by atoms with Crippen LogP contribution in [0, 0.1) is 0 Å². The van der Waals surface area contributed by atoms with Crippen LogP contribution in [0.2, 0.25) is 0 Å². The first-order valence-electron chi connectivity index (χ1n) is 5.40. The normalized spacial score (nSPS) is 17.4. The second-order valence-electron chi connectivity index (χ2n) is 3.91. The number of rotatable bonds is 3. The van der Waals surface area contributed by atoms with E-state index in [1.165, 1.54) is 0 Å². The van der Waals surface area contributed by atoms with Crippen molar-refractivity contribution in [3.63, 3.8) is 0 Å². The molecule has 0 aliphatic carbocycles. The van der Waals surface area contributed by atoms with Gasteiger partial charge in [-0.1, -0.05) is 36.4 Å². The Bertz CT molecular complexity index is 443. The highest BCUT2D eigenvalue weighted by atomic mass is 16.3. The van der Waals surface area contributed by atoms with E-state index in [9.17, 15) is 5.11 Å². The molecule has 0 amide bonds. The van der Waals surface area contributed by atoms with E-state index in [4.69, 9.17) is 0 Å². The number of nitrogens with zero attached hydrogens (tertiary/aromatic N) is 1. The second-order valence-corrected chi connectivity index (χ2v) is 3.91. The Balaban J connectivity index is 2.13.